The van der Waals surface area contributed by atoms with Gasteiger partial charge in [-0.1, -0.05) is 12.1 Å². The predicted octanol–water partition coefficient (Wildman–Crippen LogP) is 2.60. The Bertz CT molecular complexity index is 963. The number of nitrogens with zero attached hydrogens (tertiary/aromatic N) is 3. The zero-order chi connectivity index (χ0) is 18.5. The van der Waals surface area contributed by atoms with Crippen LogP contribution in [-0.4, -0.2) is 33.9 Å². The van der Waals surface area contributed by atoms with Crippen LogP contribution in [0.5, 0.6) is 11.5 Å². The van der Waals surface area contributed by atoms with Gasteiger partial charge in [0, 0.05) is 13.0 Å². The van der Waals surface area contributed by atoms with E-state index in [1.807, 2.05) is 35.8 Å². The molecule has 2 aromatic carbocycles. The van der Waals surface area contributed by atoms with Gasteiger partial charge in [0.25, 0.3) is 0 Å². The number of ether oxygens (including phenoxy) is 1. The lowest BCUT2D eigenvalue weighted by Gasteiger charge is -2.06. The van der Waals surface area contributed by atoms with Gasteiger partial charge in [-0.2, -0.15) is 5.10 Å². The topological polar surface area (TPSA) is 88.7 Å². The van der Waals surface area contributed by atoms with Crippen molar-refractivity contribution in [3.63, 3.8) is 0 Å². The van der Waals surface area contributed by atoms with Gasteiger partial charge in [0.05, 0.1) is 24.4 Å². The van der Waals surface area contributed by atoms with E-state index >= 15 is 0 Å². The van der Waals surface area contributed by atoms with Crippen molar-refractivity contribution in [3.8, 4) is 11.5 Å². The highest BCUT2D eigenvalue weighted by Gasteiger charge is 2.08. The highest BCUT2D eigenvalue weighted by Crippen LogP contribution is 2.25. The van der Waals surface area contributed by atoms with Crippen LogP contribution in [0.1, 0.15) is 17.8 Å². The third kappa shape index (κ3) is 3.83. The first-order valence-electron chi connectivity index (χ1n) is 8.19. The number of phenols is 1. The second-order valence-corrected chi connectivity index (χ2v) is 5.77. The summed E-state index contributed by atoms with van der Waals surface area (Å²) in [7, 11) is 1.47. The largest absolute Gasteiger partial charge is 0.504 e. The molecule has 0 unspecified atom stereocenters. The number of aromatic hydroxyl groups is 1. The van der Waals surface area contributed by atoms with Crippen molar-refractivity contribution < 1.29 is 14.6 Å². The molecule has 7 heteroatoms. The first-order chi connectivity index (χ1) is 12.6. The number of nitrogens with one attached hydrogen (secondary N) is 1. The van der Waals surface area contributed by atoms with E-state index in [-0.39, 0.29) is 18.1 Å². The molecule has 26 heavy (non-hydrogen) atoms. The number of imidazole rings is 1. The van der Waals surface area contributed by atoms with Gasteiger partial charge >= 0.3 is 0 Å². The van der Waals surface area contributed by atoms with Crippen LogP contribution >= 0.6 is 0 Å². The Morgan fingerprint density at radius 1 is 1.35 bits per heavy atom. The minimum Gasteiger partial charge on any atom is -0.504 e. The molecule has 134 valence electrons. The molecule has 0 saturated carbocycles. The second-order valence-electron chi connectivity index (χ2n) is 5.77. The maximum absolute atomic E-state index is 12.0. The summed E-state index contributed by atoms with van der Waals surface area (Å²) in [6, 6.07) is 12.7. The fraction of sp³-hybridized carbons (Fsp3) is 0.211. The van der Waals surface area contributed by atoms with E-state index in [1.54, 1.807) is 12.1 Å². The van der Waals surface area contributed by atoms with Gasteiger partial charge < -0.3 is 14.4 Å². The molecule has 0 spiro atoms. The molecule has 1 heterocycles. The smallest absolute Gasteiger partial charge is 0.241 e. The third-order valence-electron chi connectivity index (χ3n) is 4.01. The lowest BCUT2D eigenvalue weighted by atomic mass is 10.2. The highest BCUT2D eigenvalue weighted by molar-refractivity contribution is 5.83. The average molecular weight is 352 g/mol. The zero-order valence-corrected chi connectivity index (χ0v) is 14.6. The van der Waals surface area contributed by atoms with Crippen LogP contribution in [0.15, 0.2) is 47.6 Å². The molecule has 0 fully saturated rings. The van der Waals surface area contributed by atoms with E-state index in [9.17, 15) is 9.90 Å². The lowest BCUT2D eigenvalue weighted by Crippen LogP contribution is -2.19. The molecule has 7 nitrogen and oxygen atoms in total. The van der Waals surface area contributed by atoms with Crippen LogP contribution < -0.4 is 10.2 Å². The van der Waals surface area contributed by atoms with Gasteiger partial charge in [-0.3, -0.25) is 4.79 Å². The Balaban J connectivity index is 1.58. The second kappa shape index (κ2) is 7.69. The number of hydrazone groups is 1. The summed E-state index contributed by atoms with van der Waals surface area (Å²) < 4.78 is 7.05. The number of amides is 1. The summed E-state index contributed by atoms with van der Waals surface area (Å²) in [6.07, 6.45) is 1.79. The van der Waals surface area contributed by atoms with Crippen LogP contribution in [-0.2, 0) is 11.3 Å². The van der Waals surface area contributed by atoms with Crippen molar-refractivity contribution in [2.45, 2.75) is 19.9 Å². The molecule has 0 aliphatic heterocycles. The summed E-state index contributed by atoms with van der Waals surface area (Å²) >= 11 is 0. The van der Waals surface area contributed by atoms with Crippen LogP contribution in [0.2, 0.25) is 0 Å². The number of phenolic OH excluding ortho intramolecular Hbond substituents is 1. The van der Waals surface area contributed by atoms with Crippen molar-refractivity contribution in [1.82, 2.24) is 15.0 Å². The molecule has 0 radical (unpaired) electrons. The van der Waals surface area contributed by atoms with Crippen LogP contribution in [0, 0.1) is 6.92 Å². The summed E-state index contributed by atoms with van der Waals surface area (Å²) in [4.78, 5) is 16.5. The Morgan fingerprint density at radius 2 is 2.15 bits per heavy atom. The van der Waals surface area contributed by atoms with Crippen molar-refractivity contribution >= 4 is 23.2 Å². The molecule has 3 rings (SSSR count). The van der Waals surface area contributed by atoms with E-state index in [2.05, 4.69) is 15.5 Å². The fourth-order valence-electron chi connectivity index (χ4n) is 2.70. The maximum Gasteiger partial charge on any atom is 0.241 e. The number of carbonyl (C=O) groups is 1. The predicted molar refractivity (Wildman–Crippen MR) is 99.5 cm³/mol. The van der Waals surface area contributed by atoms with E-state index < -0.39 is 0 Å². The summed E-state index contributed by atoms with van der Waals surface area (Å²) in [5.74, 6) is 1.09. The number of hydrogen-bond donors (Lipinski definition) is 2. The lowest BCUT2D eigenvalue weighted by molar-refractivity contribution is -0.121. The summed E-state index contributed by atoms with van der Waals surface area (Å²) in [6.45, 7) is 2.45. The Kier molecular flexibility index (Phi) is 5.17. The SMILES string of the molecule is COc1cc(/C=N/NC(=O)CCn2c(C)nc3ccccc32)ccc1O. The summed E-state index contributed by atoms with van der Waals surface area (Å²) in [5.41, 5.74) is 5.14. The molecular formula is C19H20N4O3. The number of aryl methyl sites for hydroxylation is 2. The molecule has 1 aromatic heterocycles. The van der Waals surface area contributed by atoms with Gasteiger partial charge in [-0.25, -0.2) is 10.4 Å². The van der Waals surface area contributed by atoms with Crippen molar-refractivity contribution in [1.29, 1.82) is 0 Å². The average Bonchev–Trinajstić information content (AvgIpc) is 2.96. The number of aromatic nitrogens is 2. The number of methoxy groups -OCH3 is 1. The zero-order valence-electron chi connectivity index (χ0n) is 14.6. The van der Waals surface area contributed by atoms with Gasteiger partial charge in [-0.05, 0) is 42.8 Å². The molecule has 2 N–H and O–H groups in total. The van der Waals surface area contributed by atoms with E-state index in [4.69, 9.17) is 4.74 Å². The first-order valence-corrected chi connectivity index (χ1v) is 8.19. The van der Waals surface area contributed by atoms with Gasteiger partial charge in [-0.15, -0.1) is 0 Å². The maximum atomic E-state index is 12.0. The molecule has 3 aromatic rings. The normalized spacial score (nSPS) is 11.2. The minimum atomic E-state index is -0.191. The third-order valence-corrected chi connectivity index (χ3v) is 4.01. The number of para-hydroxylation sites is 2. The molecule has 0 saturated heterocycles. The first kappa shape index (κ1) is 17.5. The van der Waals surface area contributed by atoms with Crippen molar-refractivity contribution in [3.05, 3.63) is 53.9 Å². The molecule has 1 amide bonds. The number of carbonyl (C=O) groups excluding carboxylic acids is 1. The summed E-state index contributed by atoms with van der Waals surface area (Å²) in [5, 5.41) is 13.5. The van der Waals surface area contributed by atoms with Crippen LogP contribution in [0.4, 0.5) is 0 Å². The molecule has 0 bridgehead atoms. The molecule has 0 aliphatic rings. The Morgan fingerprint density at radius 3 is 2.96 bits per heavy atom. The monoisotopic (exact) mass is 352 g/mol. The van der Waals surface area contributed by atoms with Gasteiger partial charge in [0.15, 0.2) is 11.5 Å². The number of benzene rings is 2. The number of hydrogen-bond acceptors (Lipinski definition) is 5. The highest BCUT2D eigenvalue weighted by atomic mass is 16.5. The van der Waals surface area contributed by atoms with Crippen molar-refractivity contribution in [2.75, 3.05) is 7.11 Å². The van der Waals surface area contributed by atoms with Crippen LogP contribution in [0.3, 0.4) is 0 Å². The Hall–Kier alpha value is -3.35. The van der Waals surface area contributed by atoms with E-state index in [0.29, 0.717) is 17.9 Å². The molecule has 0 aliphatic carbocycles. The van der Waals surface area contributed by atoms with Gasteiger partial charge in [0.1, 0.15) is 5.82 Å². The van der Waals surface area contributed by atoms with Gasteiger partial charge in [0.2, 0.25) is 5.91 Å². The van der Waals surface area contributed by atoms with Crippen LogP contribution in [0.25, 0.3) is 11.0 Å². The molecular weight excluding hydrogens is 332 g/mol. The van der Waals surface area contributed by atoms with E-state index in [0.717, 1.165) is 16.9 Å². The number of fused-ring (bicyclic) bond motifs is 1. The Labute approximate surface area is 150 Å². The van der Waals surface area contributed by atoms with Crippen molar-refractivity contribution in [2.24, 2.45) is 5.10 Å². The fourth-order valence-corrected chi connectivity index (χ4v) is 2.70. The minimum absolute atomic E-state index is 0.0524. The quantitative estimate of drug-likeness (QED) is 0.527. The van der Waals surface area contributed by atoms with E-state index in [1.165, 1.54) is 19.4 Å². The standard InChI is InChI=1S/C19H20N4O3/c1-13-21-15-5-3-4-6-16(15)23(13)10-9-19(25)22-20-12-14-7-8-17(24)18(11-14)26-2/h3-8,11-12,24H,9-10H2,1-2H3,(H,22,25)/b20-12+. The number of rotatable bonds is 6. The molecule has 0 atom stereocenters.